The molecule has 15 heavy (non-hydrogen) atoms. The van der Waals surface area contributed by atoms with E-state index < -0.39 is 9.84 Å². The fourth-order valence-electron chi connectivity index (χ4n) is 1.85. The van der Waals surface area contributed by atoms with E-state index in [-0.39, 0.29) is 30.4 Å². The molecule has 0 saturated carbocycles. The van der Waals surface area contributed by atoms with E-state index in [1.54, 1.807) is 0 Å². The fraction of sp³-hybridized carbons (Fsp3) is 1.00. The maximum absolute atomic E-state index is 11.4. The molecule has 0 aromatic heterocycles. The first-order chi connectivity index (χ1) is 6.94. The van der Waals surface area contributed by atoms with Crippen molar-refractivity contribution in [2.75, 3.05) is 18.1 Å². The van der Waals surface area contributed by atoms with Gasteiger partial charge >= 0.3 is 0 Å². The van der Waals surface area contributed by atoms with Crippen molar-refractivity contribution in [1.29, 1.82) is 0 Å². The van der Waals surface area contributed by atoms with E-state index in [1.807, 2.05) is 13.8 Å². The molecule has 5 heteroatoms. The lowest BCUT2D eigenvalue weighted by Gasteiger charge is -2.28. The number of hydrogen-bond acceptors (Lipinski definition) is 4. The maximum Gasteiger partial charge on any atom is 0.151 e. The van der Waals surface area contributed by atoms with Gasteiger partial charge in [0.05, 0.1) is 11.5 Å². The third kappa shape index (κ3) is 4.09. The maximum atomic E-state index is 11.4. The van der Waals surface area contributed by atoms with Gasteiger partial charge in [-0.05, 0) is 25.7 Å². The lowest BCUT2D eigenvalue weighted by molar-refractivity contribution is 0.201. The Kier molecular flexibility index (Phi) is 4.55. The molecule has 3 unspecified atom stereocenters. The fourth-order valence-corrected chi connectivity index (χ4v) is 3.50. The van der Waals surface area contributed by atoms with Crippen molar-refractivity contribution in [2.24, 2.45) is 5.92 Å². The quantitative estimate of drug-likeness (QED) is 0.729. The summed E-state index contributed by atoms with van der Waals surface area (Å²) in [6.07, 6.45) is 1.67. The van der Waals surface area contributed by atoms with Crippen molar-refractivity contribution in [1.82, 2.24) is 5.32 Å². The lowest BCUT2D eigenvalue weighted by atomic mass is 10.0. The van der Waals surface area contributed by atoms with Gasteiger partial charge in [0, 0.05) is 18.7 Å². The smallest absolute Gasteiger partial charge is 0.151 e. The zero-order valence-corrected chi connectivity index (χ0v) is 10.3. The van der Waals surface area contributed by atoms with Crippen molar-refractivity contribution in [3.8, 4) is 0 Å². The van der Waals surface area contributed by atoms with E-state index in [2.05, 4.69) is 5.32 Å². The van der Waals surface area contributed by atoms with Gasteiger partial charge in [-0.3, -0.25) is 0 Å². The molecule has 4 nitrogen and oxygen atoms in total. The van der Waals surface area contributed by atoms with Gasteiger partial charge in [-0.15, -0.1) is 0 Å². The van der Waals surface area contributed by atoms with E-state index in [0.29, 0.717) is 5.75 Å². The van der Waals surface area contributed by atoms with Crippen LogP contribution in [0.2, 0.25) is 0 Å². The van der Waals surface area contributed by atoms with Gasteiger partial charge in [0.1, 0.15) is 0 Å². The van der Waals surface area contributed by atoms with Crippen LogP contribution in [0.5, 0.6) is 0 Å². The minimum Gasteiger partial charge on any atom is -0.396 e. The number of sulfone groups is 1. The first kappa shape index (κ1) is 12.9. The minimum atomic E-state index is -2.83. The van der Waals surface area contributed by atoms with Gasteiger partial charge in [-0.1, -0.05) is 6.92 Å². The molecular formula is C10H21NO3S. The van der Waals surface area contributed by atoms with Crippen LogP contribution in [0.3, 0.4) is 0 Å². The molecule has 0 spiro atoms. The second-order valence-corrected chi connectivity index (χ2v) is 6.80. The van der Waals surface area contributed by atoms with E-state index in [4.69, 9.17) is 5.11 Å². The van der Waals surface area contributed by atoms with Crippen molar-refractivity contribution < 1.29 is 13.5 Å². The average Bonchev–Trinajstić information content (AvgIpc) is 2.14. The molecular weight excluding hydrogens is 214 g/mol. The topological polar surface area (TPSA) is 66.4 Å². The predicted octanol–water partition coefficient (Wildman–Crippen LogP) is 0.170. The van der Waals surface area contributed by atoms with E-state index in [1.165, 1.54) is 0 Å². The molecule has 1 saturated heterocycles. The number of aliphatic hydroxyl groups is 1. The zero-order chi connectivity index (χ0) is 11.5. The molecule has 0 aliphatic carbocycles. The van der Waals surface area contributed by atoms with Gasteiger partial charge in [-0.25, -0.2) is 8.42 Å². The summed E-state index contributed by atoms with van der Waals surface area (Å²) in [5.41, 5.74) is 0. The molecule has 0 amide bonds. The van der Waals surface area contributed by atoms with E-state index in [9.17, 15) is 8.42 Å². The van der Waals surface area contributed by atoms with E-state index >= 15 is 0 Å². The highest BCUT2D eigenvalue weighted by molar-refractivity contribution is 7.91. The van der Waals surface area contributed by atoms with Crippen molar-refractivity contribution in [3.05, 3.63) is 0 Å². The average molecular weight is 235 g/mol. The van der Waals surface area contributed by atoms with Crippen LogP contribution < -0.4 is 5.32 Å². The molecule has 3 atom stereocenters. The Bertz CT molecular complexity index is 289. The number of rotatable bonds is 4. The van der Waals surface area contributed by atoms with Crippen LogP contribution in [0.15, 0.2) is 0 Å². The highest BCUT2D eigenvalue weighted by Gasteiger charge is 2.26. The molecule has 1 aliphatic rings. The normalized spacial score (nSPS) is 29.7. The third-order valence-corrected chi connectivity index (χ3v) is 4.92. The zero-order valence-electron chi connectivity index (χ0n) is 9.44. The minimum absolute atomic E-state index is 0.0627. The molecule has 0 bridgehead atoms. The lowest BCUT2D eigenvalue weighted by Crippen LogP contribution is -2.46. The Balaban J connectivity index is 2.45. The van der Waals surface area contributed by atoms with Crippen LogP contribution in [0.1, 0.15) is 26.7 Å². The second kappa shape index (κ2) is 5.27. The Morgan fingerprint density at radius 3 is 2.67 bits per heavy atom. The molecule has 1 aliphatic heterocycles. The highest BCUT2D eigenvalue weighted by Crippen LogP contribution is 2.14. The largest absolute Gasteiger partial charge is 0.396 e. The van der Waals surface area contributed by atoms with Crippen LogP contribution in [-0.2, 0) is 9.84 Å². The highest BCUT2D eigenvalue weighted by atomic mass is 32.2. The Morgan fingerprint density at radius 1 is 1.47 bits per heavy atom. The van der Waals surface area contributed by atoms with Crippen LogP contribution in [0.25, 0.3) is 0 Å². The molecule has 0 aromatic carbocycles. The summed E-state index contributed by atoms with van der Waals surface area (Å²) >= 11 is 0. The molecule has 0 radical (unpaired) electrons. The van der Waals surface area contributed by atoms with Gasteiger partial charge in [-0.2, -0.15) is 0 Å². The van der Waals surface area contributed by atoms with Crippen molar-refractivity contribution in [2.45, 2.75) is 38.8 Å². The summed E-state index contributed by atoms with van der Waals surface area (Å²) < 4.78 is 22.8. The predicted molar refractivity (Wildman–Crippen MR) is 60.5 cm³/mol. The SMILES string of the molecule is CC(CO)C(C)NC1CCCS(=O)(=O)C1. The molecule has 1 heterocycles. The summed E-state index contributed by atoms with van der Waals surface area (Å²) in [7, 11) is -2.83. The van der Waals surface area contributed by atoms with Gasteiger partial charge in [0.15, 0.2) is 9.84 Å². The summed E-state index contributed by atoms with van der Waals surface area (Å²) in [4.78, 5) is 0. The molecule has 2 N–H and O–H groups in total. The summed E-state index contributed by atoms with van der Waals surface area (Å²) in [6.45, 7) is 4.07. The summed E-state index contributed by atoms with van der Waals surface area (Å²) in [6, 6.07) is 0.223. The molecule has 0 aromatic rings. The standard InChI is InChI=1S/C10H21NO3S/c1-8(6-12)9(2)11-10-4-3-5-15(13,14)7-10/h8-12H,3-7H2,1-2H3. The van der Waals surface area contributed by atoms with Crippen LogP contribution >= 0.6 is 0 Å². The first-order valence-corrected chi connectivity index (χ1v) is 7.34. The summed E-state index contributed by atoms with van der Waals surface area (Å²) in [5.74, 6) is 0.736. The van der Waals surface area contributed by atoms with Crippen LogP contribution in [0.4, 0.5) is 0 Å². The van der Waals surface area contributed by atoms with Crippen LogP contribution in [-0.4, -0.2) is 43.7 Å². The number of aliphatic hydroxyl groups excluding tert-OH is 1. The third-order valence-electron chi connectivity index (χ3n) is 3.10. The van der Waals surface area contributed by atoms with Crippen molar-refractivity contribution >= 4 is 9.84 Å². The first-order valence-electron chi connectivity index (χ1n) is 5.52. The van der Waals surface area contributed by atoms with Crippen molar-refractivity contribution in [3.63, 3.8) is 0 Å². The second-order valence-electron chi connectivity index (χ2n) is 4.57. The Morgan fingerprint density at radius 2 is 2.13 bits per heavy atom. The molecule has 1 rings (SSSR count). The summed E-state index contributed by atoms with van der Waals surface area (Å²) in [5, 5.41) is 12.3. The number of nitrogens with one attached hydrogen (secondary N) is 1. The Hall–Kier alpha value is -0.130. The van der Waals surface area contributed by atoms with E-state index in [0.717, 1.165) is 12.8 Å². The molecule has 1 fully saturated rings. The Labute approximate surface area is 92.0 Å². The van der Waals surface area contributed by atoms with Crippen LogP contribution in [0, 0.1) is 5.92 Å². The monoisotopic (exact) mass is 235 g/mol. The van der Waals surface area contributed by atoms with Gasteiger partial charge in [0.2, 0.25) is 0 Å². The number of hydrogen-bond donors (Lipinski definition) is 2. The molecule has 90 valence electrons. The van der Waals surface area contributed by atoms with Gasteiger partial charge < -0.3 is 10.4 Å². The van der Waals surface area contributed by atoms with Gasteiger partial charge in [0.25, 0.3) is 0 Å².